The fourth-order valence-corrected chi connectivity index (χ4v) is 15.0. The second-order valence-electron chi connectivity index (χ2n) is 13.4. The van der Waals surface area contributed by atoms with Gasteiger partial charge in [0.1, 0.15) is 0 Å². The third kappa shape index (κ3) is 5.14. The van der Waals surface area contributed by atoms with Gasteiger partial charge in [-0.15, -0.1) is 0 Å². The zero-order chi connectivity index (χ0) is 22.1. The Labute approximate surface area is 202 Å². The molecule has 4 heteroatoms. The molecule has 0 aromatic carbocycles. The minimum atomic E-state index is -1.55. The van der Waals surface area contributed by atoms with Crippen LogP contribution in [-0.4, -0.2) is 30.3 Å². The number of ether oxygens (including phenoxy) is 1. The maximum atomic E-state index is 7.32. The number of hydrogen-bond acceptors (Lipinski definition) is 2. The Morgan fingerprint density at radius 2 is 1.44 bits per heavy atom. The fraction of sp³-hybridized carbons (Fsp3) is 1.00. The van der Waals surface area contributed by atoms with Crippen molar-refractivity contribution in [3.05, 3.63) is 0 Å². The van der Waals surface area contributed by atoms with Crippen LogP contribution in [0, 0.1) is 17.3 Å². The highest BCUT2D eigenvalue weighted by Crippen LogP contribution is 2.67. The highest BCUT2D eigenvalue weighted by atomic mass is 28.4. The van der Waals surface area contributed by atoms with E-state index in [-0.39, 0.29) is 0 Å². The predicted molar refractivity (Wildman–Crippen MR) is 140 cm³/mol. The van der Waals surface area contributed by atoms with E-state index < -0.39 is 18.1 Å². The molecule has 5 rings (SSSR count). The molecule has 5 fully saturated rings. The summed E-state index contributed by atoms with van der Waals surface area (Å²) >= 11 is 0. The molecule has 32 heavy (non-hydrogen) atoms. The van der Waals surface area contributed by atoms with E-state index in [9.17, 15) is 0 Å². The Morgan fingerprint density at radius 1 is 0.781 bits per heavy atom. The summed E-state index contributed by atoms with van der Waals surface area (Å²) in [6, 6.07) is 1.40. The molecule has 1 saturated heterocycles. The summed E-state index contributed by atoms with van der Waals surface area (Å²) in [5, 5.41) is 0.637. The van der Waals surface area contributed by atoms with Crippen LogP contribution in [0.25, 0.3) is 0 Å². The van der Waals surface area contributed by atoms with Crippen molar-refractivity contribution in [2.24, 2.45) is 17.3 Å². The average Bonchev–Trinajstić information content (AvgIpc) is 3.62. The van der Waals surface area contributed by atoms with Crippen molar-refractivity contribution in [3.63, 3.8) is 0 Å². The lowest BCUT2D eigenvalue weighted by molar-refractivity contribution is -0.00650. The topological polar surface area (TPSA) is 21.8 Å². The third-order valence-corrected chi connectivity index (χ3v) is 18.2. The van der Waals surface area contributed by atoms with E-state index in [0.29, 0.717) is 22.7 Å². The Hall–Kier alpha value is 0.354. The third-order valence-electron chi connectivity index (χ3n) is 11.0. The van der Waals surface area contributed by atoms with Crippen LogP contribution in [0.4, 0.5) is 0 Å². The van der Waals surface area contributed by atoms with E-state index in [4.69, 9.17) is 8.85 Å². The summed E-state index contributed by atoms with van der Waals surface area (Å²) < 4.78 is 13.1. The van der Waals surface area contributed by atoms with Gasteiger partial charge in [-0.25, -0.2) is 0 Å². The SMILES string of the molecule is C[Si](C)(CCC1CCC2OC2C1)O[SiH2]C1(C2(C3CCCCC3)CCCCC2)CCCCC1. The van der Waals surface area contributed by atoms with Gasteiger partial charge in [0.25, 0.3) is 0 Å². The largest absolute Gasteiger partial charge is 0.460 e. The number of hydrogen-bond donors (Lipinski definition) is 0. The molecule has 4 aliphatic carbocycles. The monoisotopic (exact) mass is 476 g/mol. The number of epoxide rings is 1. The Bertz CT molecular complexity index is 603. The average molecular weight is 477 g/mol. The van der Waals surface area contributed by atoms with Crippen LogP contribution in [0.2, 0.25) is 24.2 Å². The molecule has 0 spiro atoms. The van der Waals surface area contributed by atoms with Crippen LogP contribution in [0.1, 0.15) is 122 Å². The molecular formula is C28H52O2Si2. The first kappa shape index (κ1) is 24.1. The van der Waals surface area contributed by atoms with Crippen molar-refractivity contribution in [1.29, 1.82) is 0 Å². The maximum Gasteiger partial charge on any atom is 0.173 e. The molecular weight excluding hydrogens is 424 g/mol. The molecule has 0 bridgehead atoms. The van der Waals surface area contributed by atoms with Gasteiger partial charge in [0.15, 0.2) is 18.1 Å². The lowest BCUT2D eigenvalue weighted by Crippen LogP contribution is -2.51. The van der Waals surface area contributed by atoms with Crippen molar-refractivity contribution < 1.29 is 8.85 Å². The van der Waals surface area contributed by atoms with Gasteiger partial charge in [0.05, 0.1) is 12.2 Å². The van der Waals surface area contributed by atoms with E-state index in [1.165, 1.54) is 102 Å². The van der Waals surface area contributed by atoms with Gasteiger partial charge < -0.3 is 8.85 Å². The van der Waals surface area contributed by atoms with Crippen molar-refractivity contribution >= 4 is 18.1 Å². The van der Waals surface area contributed by atoms with Gasteiger partial charge >= 0.3 is 0 Å². The molecule has 3 unspecified atom stereocenters. The molecule has 1 heterocycles. The fourth-order valence-electron chi connectivity index (χ4n) is 8.93. The smallest absolute Gasteiger partial charge is 0.173 e. The Balaban J connectivity index is 1.27. The lowest BCUT2D eigenvalue weighted by Gasteiger charge is -2.59. The van der Waals surface area contributed by atoms with Crippen molar-refractivity contribution in [2.75, 3.05) is 0 Å². The van der Waals surface area contributed by atoms with E-state index in [0.717, 1.165) is 11.8 Å². The van der Waals surface area contributed by atoms with Crippen molar-refractivity contribution in [1.82, 2.24) is 0 Å². The second-order valence-corrected chi connectivity index (χ2v) is 20.2. The minimum absolute atomic E-state index is 0.506. The molecule has 0 amide bonds. The summed E-state index contributed by atoms with van der Waals surface area (Å²) in [6.45, 7) is 5.15. The van der Waals surface area contributed by atoms with E-state index in [2.05, 4.69) is 13.1 Å². The predicted octanol–water partition coefficient (Wildman–Crippen LogP) is 7.90. The van der Waals surface area contributed by atoms with Crippen LogP contribution in [0.5, 0.6) is 0 Å². The first-order chi connectivity index (χ1) is 15.5. The van der Waals surface area contributed by atoms with Gasteiger partial charge in [-0.2, -0.15) is 0 Å². The molecule has 5 aliphatic rings. The van der Waals surface area contributed by atoms with Gasteiger partial charge in [0, 0.05) is 0 Å². The van der Waals surface area contributed by atoms with Crippen LogP contribution < -0.4 is 0 Å². The number of rotatable bonds is 8. The van der Waals surface area contributed by atoms with Gasteiger partial charge in [-0.1, -0.05) is 64.2 Å². The van der Waals surface area contributed by atoms with Crippen molar-refractivity contribution in [2.45, 2.75) is 158 Å². The zero-order valence-electron chi connectivity index (χ0n) is 21.5. The molecule has 4 saturated carbocycles. The van der Waals surface area contributed by atoms with Crippen LogP contribution >= 0.6 is 0 Å². The minimum Gasteiger partial charge on any atom is -0.460 e. The molecule has 1 aliphatic heterocycles. The standard InChI is InChI=1S/C28H52O2Si2/c1-32(2,21-16-23-14-15-25-26(22-23)29-25)30-31-28(19-10-5-11-20-28)27(17-8-4-9-18-27)24-12-6-3-7-13-24/h23-26H,3-22,31H2,1-2H3. The lowest BCUT2D eigenvalue weighted by atomic mass is 9.53. The van der Waals surface area contributed by atoms with Gasteiger partial charge in [0.2, 0.25) is 0 Å². The summed E-state index contributed by atoms with van der Waals surface area (Å²) in [4.78, 5) is 0. The summed E-state index contributed by atoms with van der Waals surface area (Å²) in [7, 11) is -2.06. The molecule has 0 N–H and O–H groups in total. The van der Waals surface area contributed by atoms with E-state index in [1.807, 2.05) is 0 Å². The summed E-state index contributed by atoms with van der Waals surface area (Å²) in [5.74, 6) is 1.95. The zero-order valence-corrected chi connectivity index (χ0v) is 23.9. The Kier molecular flexibility index (Phi) is 7.63. The van der Waals surface area contributed by atoms with Crippen molar-refractivity contribution in [3.8, 4) is 0 Å². The second kappa shape index (κ2) is 10.1. The summed E-state index contributed by atoms with van der Waals surface area (Å²) in [5.41, 5.74) is 0.671. The van der Waals surface area contributed by atoms with E-state index in [1.54, 1.807) is 25.7 Å². The Morgan fingerprint density at radius 3 is 2.12 bits per heavy atom. The van der Waals surface area contributed by atoms with E-state index >= 15 is 0 Å². The number of fused-ring (bicyclic) bond motifs is 1. The van der Waals surface area contributed by atoms with Gasteiger partial charge in [-0.3, -0.25) is 0 Å². The molecule has 0 aromatic rings. The molecule has 2 nitrogen and oxygen atoms in total. The highest BCUT2D eigenvalue weighted by Gasteiger charge is 2.56. The molecule has 0 radical (unpaired) electrons. The van der Waals surface area contributed by atoms with Crippen LogP contribution in [0.3, 0.4) is 0 Å². The highest BCUT2D eigenvalue weighted by molar-refractivity contribution is 6.75. The molecule has 184 valence electrons. The first-order valence-corrected chi connectivity index (χ1v) is 19.2. The van der Waals surface area contributed by atoms with Crippen LogP contribution in [0.15, 0.2) is 0 Å². The van der Waals surface area contributed by atoms with Crippen LogP contribution in [-0.2, 0) is 8.85 Å². The first-order valence-electron chi connectivity index (χ1n) is 14.8. The normalized spacial score (nSPS) is 35.6. The quantitative estimate of drug-likeness (QED) is 0.262. The maximum absolute atomic E-state index is 7.32. The molecule has 0 aromatic heterocycles. The van der Waals surface area contributed by atoms with Gasteiger partial charge in [-0.05, 0) is 99.2 Å². The molecule has 3 atom stereocenters. The summed E-state index contributed by atoms with van der Waals surface area (Å²) in [6.07, 6.45) is 29.6.